The molecule has 1 unspecified atom stereocenters. The minimum atomic E-state index is -0.478. The van der Waals surface area contributed by atoms with Crippen molar-refractivity contribution in [2.75, 3.05) is 13.2 Å². The zero-order valence-corrected chi connectivity index (χ0v) is 11.4. The number of rotatable bonds is 3. The Morgan fingerprint density at radius 1 is 1.53 bits per heavy atom. The summed E-state index contributed by atoms with van der Waals surface area (Å²) in [6.07, 6.45) is 0. The predicted molar refractivity (Wildman–Crippen MR) is 70.2 cm³/mol. The smallest absolute Gasteiger partial charge is 0.320 e. The van der Waals surface area contributed by atoms with E-state index in [1.165, 1.54) is 0 Å². The third-order valence-electron chi connectivity index (χ3n) is 2.69. The van der Waals surface area contributed by atoms with Gasteiger partial charge in [0.2, 0.25) is 0 Å². The number of phenolic OH excluding ortho intramolecular Hbond substituents is 1. The van der Waals surface area contributed by atoms with E-state index in [4.69, 9.17) is 9.47 Å². The molecule has 1 aliphatic rings. The molecule has 0 saturated carbocycles. The highest BCUT2D eigenvalue weighted by atomic mass is 16.6. The SMILES string of the molecule is CC(C)(C)OC(=O)CNC1COc2cc(O)ccc21. The highest BCUT2D eigenvalue weighted by Gasteiger charge is 2.25. The van der Waals surface area contributed by atoms with Crippen LogP contribution in [0.5, 0.6) is 11.5 Å². The van der Waals surface area contributed by atoms with Crippen LogP contribution in [0.1, 0.15) is 32.4 Å². The molecule has 1 aromatic carbocycles. The lowest BCUT2D eigenvalue weighted by Gasteiger charge is -2.20. The molecular formula is C14H19NO4. The Morgan fingerprint density at radius 3 is 2.95 bits per heavy atom. The van der Waals surface area contributed by atoms with E-state index in [2.05, 4.69) is 5.32 Å². The van der Waals surface area contributed by atoms with Gasteiger partial charge in [0.25, 0.3) is 0 Å². The molecule has 0 bridgehead atoms. The van der Waals surface area contributed by atoms with Gasteiger partial charge < -0.3 is 14.6 Å². The molecule has 0 aliphatic carbocycles. The summed E-state index contributed by atoms with van der Waals surface area (Å²) in [5, 5.41) is 12.5. The van der Waals surface area contributed by atoms with Gasteiger partial charge >= 0.3 is 5.97 Å². The molecule has 1 heterocycles. The number of hydrogen-bond donors (Lipinski definition) is 2. The summed E-state index contributed by atoms with van der Waals surface area (Å²) in [7, 11) is 0. The van der Waals surface area contributed by atoms with Crippen molar-refractivity contribution in [1.29, 1.82) is 0 Å². The van der Waals surface area contributed by atoms with Crippen LogP contribution in [-0.2, 0) is 9.53 Å². The summed E-state index contributed by atoms with van der Waals surface area (Å²) in [5.74, 6) is 0.535. The van der Waals surface area contributed by atoms with E-state index in [0.717, 1.165) is 5.56 Å². The monoisotopic (exact) mass is 265 g/mol. The zero-order chi connectivity index (χ0) is 14.0. The van der Waals surface area contributed by atoms with Gasteiger partial charge in [-0.2, -0.15) is 0 Å². The average Bonchev–Trinajstić information content (AvgIpc) is 2.66. The Balaban J connectivity index is 1.91. The van der Waals surface area contributed by atoms with Crippen molar-refractivity contribution in [2.45, 2.75) is 32.4 Å². The quantitative estimate of drug-likeness (QED) is 0.815. The highest BCUT2D eigenvalue weighted by molar-refractivity contribution is 5.72. The van der Waals surface area contributed by atoms with Gasteiger partial charge in [-0.05, 0) is 32.9 Å². The van der Waals surface area contributed by atoms with Crippen molar-refractivity contribution in [3.05, 3.63) is 23.8 Å². The number of carbonyl (C=O) groups is 1. The third kappa shape index (κ3) is 3.61. The summed E-state index contributed by atoms with van der Waals surface area (Å²) in [6, 6.07) is 4.92. The summed E-state index contributed by atoms with van der Waals surface area (Å²) in [6.45, 7) is 6.08. The van der Waals surface area contributed by atoms with E-state index >= 15 is 0 Å². The molecule has 0 saturated heterocycles. The third-order valence-corrected chi connectivity index (χ3v) is 2.69. The van der Waals surface area contributed by atoms with Crippen LogP contribution in [0.3, 0.4) is 0 Å². The van der Waals surface area contributed by atoms with Crippen LogP contribution in [0.25, 0.3) is 0 Å². The molecule has 0 radical (unpaired) electrons. The van der Waals surface area contributed by atoms with E-state index in [1.54, 1.807) is 18.2 Å². The zero-order valence-electron chi connectivity index (χ0n) is 11.4. The lowest BCUT2D eigenvalue weighted by molar-refractivity contribution is -0.153. The van der Waals surface area contributed by atoms with Crippen LogP contribution in [0.2, 0.25) is 0 Å². The second-order valence-corrected chi connectivity index (χ2v) is 5.55. The molecule has 0 spiro atoms. The van der Waals surface area contributed by atoms with E-state index < -0.39 is 5.60 Å². The first-order valence-corrected chi connectivity index (χ1v) is 6.26. The van der Waals surface area contributed by atoms with Crippen molar-refractivity contribution in [1.82, 2.24) is 5.32 Å². The Morgan fingerprint density at radius 2 is 2.26 bits per heavy atom. The second kappa shape index (κ2) is 5.09. The minimum Gasteiger partial charge on any atom is -0.508 e. The lowest BCUT2D eigenvalue weighted by atomic mass is 10.1. The Bertz CT molecular complexity index is 479. The van der Waals surface area contributed by atoms with Crippen molar-refractivity contribution >= 4 is 5.97 Å². The maximum atomic E-state index is 11.6. The molecule has 0 fully saturated rings. The molecule has 19 heavy (non-hydrogen) atoms. The highest BCUT2D eigenvalue weighted by Crippen LogP contribution is 2.34. The molecule has 2 rings (SSSR count). The van der Waals surface area contributed by atoms with E-state index in [0.29, 0.717) is 12.4 Å². The maximum Gasteiger partial charge on any atom is 0.320 e. The molecular weight excluding hydrogens is 246 g/mol. The Labute approximate surface area is 112 Å². The molecule has 1 aliphatic heterocycles. The number of esters is 1. The normalized spacial score (nSPS) is 17.7. The maximum absolute atomic E-state index is 11.6. The van der Waals surface area contributed by atoms with E-state index in [1.807, 2.05) is 20.8 Å². The van der Waals surface area contributed by atoms with Gasteiger partial charge in [0.05, 0.1) is 12.6 Å². The number of phenols is 1. The fraction of sp³-hybridized carbons (Fsp3) is 0.500. The van der Waals surface area contributed by atoms with Gasteiger partial charge in [-0.3, -0.25) is 10.1 Å². The number of fused-ring (bicyclic) bond motifs is 1. The van der Waals surface area contributed by atoms with Crippen LogP contribution < -0.4 is 10.1 Å². The Kier molecular flexibility index (Phi) is 3.66. The van der Waals surface area contributed by atoms with Crippen LogP contribution in [0.4, 0.5) is 0 Å². The topological polar surface area (TPSA) is 67.8 Å². The first kappa shape index (κ1) is 13.7. The summed E-state index contributed by atoms with van der Waals surface area (Å²) < 4.78 is 10.7. The van der Waals surface area contributed by atoms with E-state index in [-0.39, 0.29) is 24.3 Å². The largest absolute Gasteiger partial charge is 0.508 e. The number of ether oxygens (including phenoxy) is 2. The van der Waals surface area contributed by atoms with Gasteiger partial charge in [0, 0.05) is 11.6 Å². The number of hydrogen-bond acceptors (Lipinski definition) is 5. The summed E-state index contributed by atoms with van der Waals surface area (Å²) in [5.41, 5.74) is 0.468. The van der Waals surface area contributed by atoms with Crippen molar-refractivity contribution in [3.63, 3.8) is 0 Å². The van der Waals surface area contributed by atoms with Gasteiger partial charge in [-0.15, -0.1) is 0 Å². The molecule has 104 valence electrons. The lowest BCUT2D eigenvalue weighted by Crippen LogP contribution is -2.33. The average molecular weight is 265 g/mol. The predicted octanol–water partition coefficient (Wildman–Crippen LogP) is 1.76. The van der Waals surface area contributed by atoms with Gasteiger partial charge in [0.15, 0.2) is 0 Å². The first-order chi connectivity index (χ1) is 8.85. The van der Waals surface area contributed by atoms with Gasteiger partial charge in [-0.1, -0.05) is 0 Å². The van der Waals surface area contributed by atoms with Gasteiger partial charge in [-0.25, -0.2) is 0 Å². The molecule has 0 amide bonds. The molecule has 0 aromatic heterocycles. The fourth-order valence-corrected chi connectivity index (χ4v) is 1.95. The van der Waals surface area contributed by atoms with Crippen molar-refractivity contribution < 1.29 is 19.4 Å². The minimum absolute atomic E-state index is 0.0527. The summed E-state index contributed by atoms with van der Waals surface area (Å²) in [4.78, 5) is 11.6. The number of benzene rings is 1. The van der Waals surface area contributed by atoms with Crippen molar-refractivity contribution in [3.8, 4) is 11.5 Å². The van der Waals surface area contributed by atoms with Crippen LogP contribution in [0.15, 0.2) is 18.2 Å². The van der Waals surface area contributed by atoms with Gasteiger partial charge in [0.1, 0.15) is 23.7 Å². The van der Waals surface area contributed by atoms with Crippen molar-refractivity contribution in [2.24, 2.45) is 0 Å². The number of carbonyl (C=O) groups excluding carboxylic acids is 1. The number of aromatic hydroxyl groups is 1. The van der Waals surface area contributed by atoms with Crippen LogP contribution in [-0.4, -0.2) is 29.8 Å². The van der Waals surface area contributed by atoms with E-state index in [9.17, 15) is 9.90 Å². The molecule has 2 N–H and O–H groups in total. The molecule has 5 heteroatoms. The Hall–Kier alpha value is -1.75. The molecule has 5 nitrogen and oxygen atoms in total. The van der Waals surface area contributed by atoms with Crippen LogP contribution in [0, 0.1) is 0 Å². The standard InChI is InChI=1S/C14H19NO4/c1-14(2,3)19-13(17)7-15-11-8-18-12-6-9(16)4-5-10(11)12/h4-6,11,15-16H,7-8H2,1-3H3. The second-order valence-electron chi connectivity index (χ2n) is 5.55. The fourth-order valence-electron chi connectivity index (χ4n) is 1.95. The first-order valence-electron chi connectivity index (χ1n) is 6.26. The molecule has 1 atom stereocenters. The number of nitrogens with one attached hydrogen (secondary N) is 1. The summed E-state index contributed by atoms with van der Waals surface area (Å²) >= 11 is 0. The van der Waals surface area contributed by atoms with Crippen LogP contribution >= 0.6 is 0 Å². The molecule has 1 aromatic rings.